The molecule has 1 amide bonds. The predicted molar refractivity (Wildman–Crippen MR) is 81.6 cm³/mol. The topological polar surface area (TPSA) is 29.1 Å². The van der Waals surface area contributed by atoms with E-state index in [1.165, 1.54) is 12.1 Å². The van der Waals surface area contributed by atoms with E-state index in [1.54, 1.807) is 11.8 Å². The van der Waals surface area contributed by atoms with Crippen LogP contribution in [-0.2, 0) is 6.18 Å². The number of carbonyl (C=O) groups is 1. The summed E-state index contributed by atoms with van der Waals surface area (Å²) in [6.45, 7) is 0. The Hall–Kier alpha value is -0.690. The van der Waals surface area contributed by atoms with Gasteiger partial charge in [-0.25, -0.2) is 0 Å². The third-order valence-electron chi connectivity index (χ3n) is 3.59. The number of hydrogen-bond acceptors (Lipinski definition) is 2. The van der Waals surface area contributed by atoms with Crippen LogP contribution in [0, 0.1) is 0 Å². The summed E-state index contributed by atoms with van der Waals surface area (Å²) in [6.07, 6.45) is 0.321. The zero-order valence-electron chi connectivity index (χ0n) is 11.3. The standard InChI is InChI=1S/C14H15BrF3NOS/c1-21-10-4-3-9(7-10)19-13(20)8-2-5-12(15)11(6-8)14(16,17)18/h2,5-6,9-10H,3-4,7H2,1H3,(H,19,20). The van der Waals surface area contributed by atoms with Crippen LogP contribution in [0.5, 0.6) is 0 Å². The number of hydrogen-bond donors (Lipinski definition) is 1. The Morgan fingerprint density at radius 2 is 2.10 bits per heavy atom. The number of nitrogens with one attached hydrogen (secondary N) is 1. The van der Waals surface area contributed by atoms with E-state index >= 15 is 0 Å². The summed E-state index contributed by atoms with van der Waals surface area (Å²) in [4.78, 5) is 12.1. The fourth-order valence-electron chi connectivity index (χ4n) is 2.44. The maximum atomic E-state index is 12.8. The highest BCUT2D eigenvalue weighted by Crippen LogP contribution is 2.35. The molecule has 0 spiro atoms. The van der Waals surface area contributed by atoms with Gasteiger partial charge < -0.3 is 5.32 Å². The highest BCUT2D eigenvalue weighted by Gasteiger charge is 2.34. The molecule has 1 aromatic rings. The second kappa shape index (κ2) is 6.60. The molecule has 0 bridgehead atoms. The fourth-order valence-corrected chi connectivity index (χ4v) is 3.71. The van der Waals surface area contributed by atoms with Gasteiger partial charge in [-0.2, -0.15) is 24.9 Å². The Labute approximate surface area is 134 Å². The van der Waals surface area contributed by atoms with Gasteiger partial charge in [0.15, 0.2) is 0 Å². The SMILES string of the molecule is CSC1CCC(NC(=O)c2ccc(Br)c(C(F)(F)F)c2)C1. The summed E-state index contributed by atoms with van der Waals surface area (Å²) < 4.78 is 38.4. The first-order valence-corrected chi connectivity index (χ1v) is 8.59. The number of thioether (sulfide) groups is 1. The lowest BCUT2D eigenvalue weighted by atomic mass is 10.1. The molecule has 2 atom stereocenters. The molecule has 1 N–H and O–H groups in total. The lowest BCUT2D eigenvalue weighted by Crippen LogP contribution is -2.33. The van der Waals surface area contributed by atoms with E-state index in [9.17, 15) is 18.0 Å². The summed E-state index contributed by atoms with van der Waals surface area (Å²) in [7, 11) is 0. The van der Waals surface area contributed by atoms with E-state index in [0.29, 0.717) is 5.25 Å². The van der Waals surface area contributed by atoms with Gasteiger partial charge in [0, 0.05) is 21.3 Å². The summed E-state index contributed by atoms with van der Waals surface area (Å²) in [6, 6.07) is 3.60. The Balaban J connectivity index is 2.10. The summed E-state index contributed by atoms with van der Waals surface area (Å²) >= 11 is 4.63. The van der Waals surface area contributed by atoms with Crippen LogP contribution in [0.4, 0.5) is 13.2 Å². The molecule has 2 nitrogen and oxygen atoms in total. The van der Waals surface area contributed by atoms with Crippen LogP contribution in [0.1, 0.15) is 35.2 Å². The number of benzene rings is 1. The lowest BCUT2D eigenvalue weighted by Gasteiger charge is -2.14. The van der Waals surface area contributed by atoms with Crippen LogP contribution in [0.2, 0.25) is 0 Å². The molecule has 7 heteroatoms. The van der Waals surface area contributed by atoms with E-state index in [-0.39, 0.29) is 16.1 Å². The van der Waals surface area contributed by atoms with Crippen LogP contribution in [0.15, 0.2) is 22.7 Å². The molecule has 1 aromatic carbocycles. The van der Waals surface area contributed by atoms with Crippen LogP contribution in [-0.4, -0.2) is 23.5 Å². The second-order valence-corrected chi connectivity index (χ2v) is 7.03. The van der Waals surface area contributed by atoms with Crippen LogP contribution in [0.25, 0.3) is 0 Å². The Morgan fingerprint density at radius 1 is 1.38 bits per heavy atom. The van der Waals surface area contributed by atoms with Crippen molar-refractivity contribution in [3.05, 3.63) is 33.8 Å². The molecule has 2 unspecified atom stereocenters. The van der Waals surface area contributed by atoms with Gasteiger partial charge in [-0.05, 0) is 43.7 Å². The van der Waals surface area contributed by atoms with Crippen molar-refractivity contribution in [2.24, 2.45) is 0 Å². The molecule has 0 radical (unpaired) electrons. The van der Waals surface area contributed by atoms with Gasteiger partial charge in [-0.1, -0.05) is 15.9 Å². The van der Waals surface area contributed by atoms with Crippen molar-refractivity contribution < 1.29 is 18.0 Å². The maximum Gasteiger partial charge on any atom is 0.417 e. The average Bonchev–Trinajstić information content (AvgIpc) is 2.85. The molecular weight excluding hydrogens is 367 g/mol. The van der Waals surface area contributed by atoms with Gasteiger partial charge >= 0.3 is 6.18 Å². The first kappa shape index (κ1) is 16.7. The van der Waals surface area contributed by atoms with Gasteiger partial charge in [0.05, 0.1) is 5.56 Å². The zero-order valence-corrected chi connectivity index (χ0v) is 13.7. The van der Waals surface area contributed by atoms with E-state index in [1.807, 2.05) is 6.26 Å². The van der Waals surface area contributed by atoms with Crippen molar-refractivity contribution in [1.29, 1.82) is 0 Å². The summed E-state index contributed by atoms with van der Waals surface area (Å²) in [5.74, 6) is -0.445. The Bertz CT molecular complexity index is 535. The summed E-state index contributed by atoms with van der Waals surface area (Å²) in [5.41, 5.74) is -0.790. The molecule has 21 heavy (non-hydrogen) atoms. The zero-order chi connectivity index (χ0) is 15.6. The highest BCUT2D eigenvalue weighted by molar-refractivity contribution is 9.10. The van der Waals surface area contributed by atoms with Crippen LogP contribution < -0.4 is 5.32 Å². The molecule has 1 fully saturated rings. The smallest absolute Gasteiger partial charge is 0.349 e. The quantitative estimate of drug-likeness (QED) is 0.835. The van der Waals surface area contributed by atoms with E-state index in [0.717, 1.165) is 25.3 Å². The number of rotatable bonds is 3. The Kier molecular flexibility index (Phi) is 5.24. The molecular formula is C14H15BrF3NOS. The molecule has 1 aliphatic rings. The molecule has 0 aliphatic heterocycles. The summed E-state index contributed by atoms with van der Waals surface area (Å²) in [5, 5.41) is 3.34. The van der Waals surface area contributed by atoms with Gasteiger partial charge in [0.2, 0.25) is 0 Å². The first-order valence-electron chi connectivity index (χ1n) is 6.51. The molecule has 0 aromatic heterocycles. The van der Waals surface area contributed by atoms with Gasteiger partial charge in [-0.3, -0.25) is 4.79 Å². The molecule has 116 valence electrons. The van der Waals surface area contributed by atoms with E-state index in [2.05, 4.69) is 21.2 Å². The van der Waals surface area contributed by atoms with Crippen LogP contribution in [0.3, 0.4) is 0 Å². The van der Waals surface area contributed by atoms with Crippen molar-refractivity contribution in [2.45, 2.75) is 36.7 Å². The number of carbonyl (C=O) groups excluding carboxylic acids is 1. The number of alkyl halides is 3. The monoisotopic (exact) mass is 381 g/mol. The van der Waals surface area contributed by atoms with Gasteiger partial charge in [-0.15, -0.1) is 0 Å². The third-order valence-corrected chi connectivity index (χ3v) is 5.37. The minimum atomic E-state index is -4.48. The average molecular weight is 382 g/mol. The lowest BCUT2D eigenvalue weighted by molar-refractivity contribution is -0.138. The molecule has 1 saturated carbocycles. The molecule has 1 aliphatic carbocycles. The van der Waals surface area contributed by atoms with Crippen LogP contribution >= 0.6 is 27.7 Å². The molecule has 2 rings (SSSR count). The normalized spacial score (nSPS) is 22.3. The van der Waals surface area contributed by atoms with E-state index < -0.39 is 17.6 Å². The first-order chi connectivity index (χ1) is 9.81. The highest BCUT2D eigenvalue weighted by atomic mass is 79.9. The molecule has 0 heterocycles. The van der Waals surface area contributed by atoms with Gasteiger partial charge in [0.1, 0.15) is 0 Å². The third kappa shape index (κ3) is 4.16. The maximum absolute atomic E-state index is 12.8. The van der Waals surface area contributed by atoms with Crippen molar-refractivity contribution in [1.82, 2.24) is 5.32 Å². The van der Waals surface area contributed by atoms with E-state index in [4.69, 9.17) is 0 Å². The molecule has 0 saturated heterocycles. The largest absolute Gasteiger partial charge is 0.417 e. The van der Waals surface area contributed by atoms with Crippen molar-refractivity contribution in [3.63, 3.8) is 0 Å². The minimum Gasteiger partial charge on any atom is -0.349 e. The van der Waals surface area contributed by atoms with Gasteiger partial charge in [0.25, 0.3) is 5.91 Å². The van der Waals surface area contributed by atoms with Crippen molar-refractivity contribution in [2.75, 3.05) is 6.26 Å². The second-order valence-electron chi connectivity index (χ2n) is 5.03. The van der Waals surface area contributed by atoms with Crippen molar-refractivity contribution in [3.8, 4) is 0 Å². The number of halogens is 4. The Morgan fingerprint density at radius 3 is 2.67 bits per heavy atom. The fraction of sp³-hybridized carbons (Fsp3) is 0.500. The number of amides is 1. The minimum absolute atomic E-state index is 0.0399. The van der Waals surface area contributed by atoms with Crippen molar-refractivity contribution >= 4 is 33.6 Å². The predicted octanol–water partition coefficient (Wildman–Crippen LogP) is 4.48.